The predicted molar refractivity (Wildman–Crippen MR) is 58.9 cm³/mol. The van der Waals surface area contributed by atoms with Crippen LogP contribution in [0.25, 0.3) is 0 Å². The smallest absolute Gasteiger partial charge is 0.237 e. The fourth-order valence-electron chi connectivity index (χ4n) is 0.956. The third kappa shape index (κ3) is 5.16. The number of thioether (sulfide) groups is 1. The quantitative estimate of drug-likeness (QED) is 0.678. The van der Waals surface area contributed by atoms with Crippen molar-refractivity contribution < 1.29 is 4.79 Å². The predicted octanol–water partition coefficient (Wildman–Crippen LogP) is 0.981. The second-order valence-corrected chi connectivity index (χ2v) is 3.99. The molecular weight excluding hydrogens is 184 g/mol. The van der Waals surface area contributed by atoms with Gasteiger partial charge in [0, 0.05) is 11.8 Å². The molecule has 0 saturated heterocycles. The SMILES string of the molecule is CCC(CSC)NC(=O)[C@@H](N)CC. The number of nitrogens with two attached hydrogens (primary N) is 1. The van der Waals surface area contributed by atoms with E-state index in [1.165, 1.54) is 0 Å². The van der Waals surface area contributed by atoms with Crippen LogP contribution in [-0.2, 0) is 4.79 Å². The van der Waals surface area contributed by atoms with E-state index in [2.05, 4.69) is 12.2 Å². The molecule has 0 aliphatic rings. The molecule has 0 spiro atoms. The lowest BCUT2D eigenvalue weighted by atomic mass is 10.2. The van der Waals surface area contributed by atoms with Crippen molar-refractivity contribution in [3.8, 4) is 0 Å². The molecule has 4 heteroatoms. The minimum atomic E-state index is -0.351. The zero-order chi connectivity index (χ0) is 10.3. The van der Waals surface area contributed by atoms with E-state index >= 15 is 0 Å². The molecule has 0 rings (SSSR count). The van der Waals surface area contributed by atoms with Crippen LogP contribution in [0.5, 0.6) is 0 Å². The van der Waals surface area contributed by atoms with E-state index in [4.69, 9.17) is 5.73 Å². The molecule has 1 unspecified atom stereocenters. The molecule has 2 atom stereocenters. The van der Waals surface area contributed by atoms with Gasteiger partial charge in [-0.25, -0.2) is 0 Å². The molecule has 78 valence electrons. The Morgan fingerprint density at radius 2 is 2.08 bits per heavy atom. The first kappa shape index (κ1) is 12.8. The minimum Gasteiger partial charge on any atom is -0.351 e. The summed E-state index contributed by atoms with van der Waals surface area (Å²) in [6.07, 6.45) is 3.69. The van der Waals surface area contributed by atoms with Gasteiger partial charge >= 0.3 is 0 Å². The highest BCUT2D eigenvalue weighted by atomic mass is 32.2. The van der Waals surface area contributed by atoms with E-state index in [-0.39, 0.29) is 18.0 Å². The van der Waals surface area contributed by atoms with Gasteiger partial charge in [-0.2, -0.15) is 11.8 Å². The molecule has 0 bridgehead atoms. The average Bonchev–Trinajstić information content (AvgIpc) is 2.15. The Morgan fingerprint density at radius 3 is 2.46 bits per heavy atom. The molecule has 0 fully saturated rings. The minimum absolute atomic E-state index is 0.0246. The van der Waals surface area contributed by atoms with Crippen LogP contribution in [0.15, 0.2) is 0 Å². The van der Waals surface area contributed by atoms with Crippen molar-refractivity contribution >= 4 is 17.7 Å². The summed E-state index contributed by atoms with van der Waals surface area (Å²) in [5.74, 6) is 0.932. The summed E-state index contributed by atoms with van der Waals surface area (Å²) in [6.45, 7) is 3.98. The largest absolute Gasteiger partial charge is 0.351 e. The highest BCUT2D eigenvalue weighted by Crippen LogP contribution is 2.01. The monoisotopic (exact) mass is 204 g/mol. The van der Waals surface area contributed by atoms with Crippen molar-refractivity contribution in [2.24, 2.45) is 5.73 Å². The van der Waals surface area contributed by atoms with Crippen LogP contribution < -0.4 is 11.1 Å². The van der Waals surface area contributed by atoms with Gasteiger partial charge in [-0.1, -0.05) is 13.8 Å². The molecule has 0 radical (unpaired) electrons. The summed E-state index contributed by atoms with van der Waals surface area (Å²) in [6, 6.07) is -0.0870. The van der Waals surface area contributed by atoms with E-state index in [1.54, 1.807) is 11.8 Å². The number of rotatable bonds is 6. The lowest BCUT2D eigenvalue weighted by molar-refractivity contribution is -0.123. The number of amides is 1. The zero-order valence-corrected chi connectivity index (χ0v) is 9.49. The number of carbonyl (C=O) groups is 1. The molecule has 0 heterocycles. The molecule has 0 aliphatic carbocycles. The molecule has 0 saturated carbocycles. The number of nitrogens with one attached hydrogen (secondary N) is 1. The van der Waals surface area contributed by atoms with Crippen LogP contribution in [0, 0.1) is 0 Å². The second kappa shape index (κ2) is 7.21. The standard InChI is InChI=1S/C9H20N2OS/c1-4-7(6-13-3)11-9(12)8(10)5-2/h7-8H,4-6,10H2,1-3H3,(H,11,12)/t7?,8-/m0/s1. The zero-order valence-electron chi connectivity index (χ0n) is 8.67. The lowest BCUT2D eigenvalue weighted by Gasteiger charge is -2.18. The maximum atomic E-state index is 11.4. The summed E-state index contributed by atoms with van der Waals surface area (Å²) >= 11 is 1.74. The van der Waals surface area contributed by atoms with E-state index in [0.29, 0.717) is 6.42 Å². The third-order valence-corrected chi connectivity index (χ3v) is 2.72. The molecule has 3 nitrogen and oxygen atoms in total. The highest BCUT2D eigenvalue weighted by molar-refractivity contribution is 7.98. The Hall–Kier alpha value is -0.220. The number of carbonyl (C=O) groups excluding carboxylic acids is 1. The van der Waals surface area contributed by atoms with Crippen molar-refractivity contribution in [1.29, 1.82) is 0 Å². The van der Waals surface area contributed by atoms with E-state index < -0.39 is 0 Å². The maximum absolute atomic E-state index is 11.4. The lowest BCUT2D eigenvalue weighted by Crippen LogP contribution is -2.45. The molecule has 0 aromatic heterocycles. The first-order valence-electron chi connectivity index (χ1n) is 4.70. The van der Waals surface area contributed by atoms with Gasteiger partial charge in [-0.3, -0.25) is 4.79 Å². The van der Waals surface area contributed by atoms with Crippen LogP contribution in [0.2, 0.25) is 0 Å². The molecule has 1 amide bonds. The molecule has 0 aromatic carbocycles. The Bertz CT molecular complexity index is 153. The molecule has 13 heavy (non-hydrogen) atoms. The first-order chi connectivity index (χ1) is 6.15. The van der Waals surface area contributed by atoms with Crippen molar-refractivity contribution in [2.75, 3.05) is 12.0 Å². The molecule has 0 aromatic rings. The van der Waals surface area contributed by atoms with E-state index in [1.807, 2.05) is 13.2 Å². The molecular formula is C9H20N2OS. The first-order valence-corrected chi connectivity index (χ1v) is 6.09. The van der Waals surface area contributed by atoms with Crippen LogP contribution in [0.1, 0.15) is 26.7 Å². The Balaban J connectivity index is 3.85. The topological polar surface area (TPSA) is 55.1 Å². The molecule has 0 aliphatic heterocycles. The second-order valence-electron chi connectivity index (χ2n) is 3.08. The number of hydrogen-bond acceptors (Lipinski definition) is 3. The Morgan fingerprint density at radius 1 is 1.46 bits per heavy atom. The van der Waals surface area contributed by atoms with Crippen LogP contribution in [0.4, 0.5) is 0 Å². The third-order valence-electron chi connectivity index (χ3n) is 1.98. The van der Waals surface area contributed by atoms with Gasteiger partial charge < -0.3 is 11.1 Å². The van der Waals surface area contributed by atoms with Gasteiger partial charge in [-0.15, -0.1) is 0 Å². The fourth-order valence-corrected chi connectivity index (χ4v) is 1.68. The molecule has 3 N–H and O–H groups in total. The van der Waals surface area contributed by atoms with Gasteiger partial charge in [0.25, 0.3) is 0 Å². The van der Waals surface area contributed by atoms with Crippen molar-refractivity contribution in [1.82, 2.24) is 5.32 Å². The summed E-state index contributed by atoms with van der Waals surface area (Å²) in [7, 11) is 0. The van der Waals surface area contributed by atoms with Gasteiger partial charge in [0.05, 0.1) is 6.04 Å². The summed E-state index contributed by atoms with van der Waals surface area (Å²) < 4.78 is 0. The number of hydrogen-bond donors (Lipinski definition) is 2. The average molecular weight is 204 g/mol. The van der Waals surface area contributed by atoms with Crippen LogP contribution >= 0.6 is 11.8 Å². The van der Waals surface area contributed by atoms with E-state index in [0.717, 1.165) is 12.2 Å². The van der Waals surface area contributed by atoms with Gasteiger partial charge in [0.15, 0.2) is 0 Å². The summed E-state index contributed by atoms with van der Waals surface area (Å²) in [5, 5.41) is 2.93. The van der Waals surface area contributed by atoms with E-state index in [9.17, 15) is 4.79 Å². The van der Waals surface area contributed by atoms with Gasteiger partial charge in [-0.05, 0) is 19.1 Å². The Kier molecular flexibility index (Phi) is 7.09. The van der Waals surface area contributed by atoms with Gasteiger partial charge in [0.2, 0.25) is 5.91 Å². The van der Waals surface area contributed by atoms with Crippen molar-refractivity contribution in [3.63, 3.8) is 0 Å². The summed E-state index contributed by atoms with van der Waals surface area (Å²) in [5.41, 5.74) is 5.60. The normalized spacial score (nSPS) is 15.1. The fraction of sp³-hybridized carbons (Fsp3) is 0.889. The summed E-state index contributed by atoms with van der Waals surface area (Å²) in [4.78, 5) is 11.4. The Labute approximate surface area is 84.8 Å². The van der Waals surface area contributed by atoms with Crippen molar-refractivity contribution in [2.45, 2.75) is 38.8 Å². The maximum Gasteiger partial charge on any atom is 0.237 e. The van der Waals surface area contributed by atoms with Gasteiger partial charge in [0.1, 0.15) is 0 Å². The van der Waals surface area contributed by atoms with Crippen LogP contribution in [0.3, 0.4) is 0 Å². The highest BCUT2D eigenvalue weighted by Gasteiger charge is 2.14. The van der Waals surface area contributed by atoms with Crippen LogP contribution in [-0.4, -0.2) is 30.0 Å². The van der Waals surface area contributed by atoms with Crippen molar-refractivity contribution in [3.05, 3.63) is 0 Å².